The van der Waals surface area contributed by atoms with Crippen LogP contribution in [-0.4, -0.2) is 27.2 Å². The minimum absolute atomic E-state index is 0.0309. The molecule has 0 aliphatic carbocycles. The molecule has 30 heavy (non-hydrogen) atoms. The zero-order valence-corrected chi connectivity index (χ0v) is 17.6. The summed E-state index contributed by atoms with van der Waals surface area (Å²) in [5.74, 6) is -0.140. The summed E-state index contributed by atoms with van der Waals surface area (Å²) in [6.45, 7) is 2.35. The summed E-state index contributed by atoms with van der Waals surface area (Å²) in [5, 5.41) is 8.98. The predicted octanol–water partition coefficient (Wildman–Crippen LogP) is 4.82. The van der Waals surface area contributed by atoms with Gasteiger partial charge in [-0.1, -0.05) is 60.1 Å². The van der Waals surface area contributed by atoms with Gasteiger partial charge in [0.25, 0.3) is 0 Å². The topological polar surface area (TPSA) is 62.7 Å². The third-order valence-corrected chi connectivity index (χ3v) is 5.72. The predicted molar refractivity (Wildman–Crippen MR) is 122 cm³/mol. The maximum absolute atomic E-state index is 12.5. The SMILES string of the molecule is Cc1nn(C)c(Cl)c1/C=C/C(=O)NCC(c1ccccc1)c1c[nH]c2ccccc12. The molecule has 0 saturated carbocycles. The van der Waals surface area contributed by atoms with Crippen LogP contribution in [0.3, 0.4) is 0 Å². The lowest BCUT2D eigenvalue weighted by molar-refractivity contribution is -0.116. The van der Waals surface area contributed by atoms with Gasteiger partial charge in [0.15, 0.2) is 0 Å². The van der Waals surface area contributed by atoms with Crippen molar-refractivity contribution >= 4 is 34.5 Å². The van der Waals surface area contributed by atoms with Crippen LogP contribution in [0.4, 0.5) is 0 Å². The first-order chi connectivity index (χ1) is 14.5. The van der Waals surface area contributed by atoms with Crippen molar-refractivity contribution in [2.45, 2.75) is 12.8 Å². The Kier molecular flexibility index (Phi) is 5.72. The Hall–Kier alpha value is -3.31. The molecule has 5 nitrogen and oxygen atoms in total. The molecule has 0 aliphatic heterocycles. The highest BCUT2D eigenvalue weighted by Crippen LogP contribution is 2.30. The first kappa shape index (κ1) is 20.0. The quantitative estimate of drug-likeness (QED) is 0.441. The Balaban J connectivity index is 1.56. The monoisotopic (exact) mass is 418 g/mol. The fourth-order valence-electron chi connectivity index (χ4n) is 3.73. The molecule has 6 heteroatoms. The van der Waals surface area contributed by atoms with Crippen LogP contribution in [0.1, 0.15) is 28.3 Å². The molecule has 0 bridgehead atoms. The average molecular weight is 419 g/mol. The summed E-state index contributed by atoms with van der Waals surface area (Å²) >= 11 is 6.24. The number of nitrogens with zero attached hydrogens (tertiary/aromatic N) is 2. The molecule has 2 heterocycles. The normalized spacial score (nSPS) is 12.5. The van der Waals surface area contributed by atoms with Gasteiger partial charge in [0.05, 0.1) is 5.69 Å². The van der Waals surface area contributed by atoms with E-state index in [9.17, 15) is 4.79 Å². The van der Waals surface area contributed by atoms with E-state index < -0.39 is 0 Å². The Morgan fingerprint density at radius 3 is 2.67 bits per heavy atom. The van der Waals surface area contributed by atoms with Gasteiger partial charge < -0.3 is 10.3 Å². The van der Waals surface area contributed by atoms with Crippen LogP contribution < -0.4 is 5.32 Å². The van der Waals surface area contributed by atoms with Gasteiger partial charge in [0.1, 0.15) is 5.15 Å². The number of fused-ring (bicyclic) bond motifs is 1. The number of nitrogens with one attached hydrogen (secondary N) is 2. The molecule has 4 aromatic rings. The lowest BCUT2D eigenvalue weighted by Gasteiger charge is -2.17. The van der Waals surface area contributed by atoms with Gasteiger partial charge in [0.2, 0.25) is 5.91 Å². The number of para-hydroxylation sites is 1. The standard InChI is InChI=1S/C24H23ClN4O/c1-16-18(24(25)29(2)28-16)12-13-23(30)27-14-20(17-8-4-3-5-9-17)21-15-26-22-11-7-6-10-19(21)22/h3-13,15,20,26H,14H2,1-2H3,(H,27,30)/b13-12+. The third kappa shape index (κ3) is 4.02. The summed E-state index contributed by atoms with van der Waals surface area (Å²) < 4.78 is 1.59. The van der Waals surface area contributed by atoms with Gasteiger partial charge in [-0.05, 0) is 30.2 Å². The number of aryl methyl sites for hydroxylation is 2. The Labute approximate surface area is 180 Å². The van der Waals surface area contributed by atoms with Gasteiger partial charge in [-0.15, -0.1) is 0 Å². The molecule has 152 valence electrons. The van der Waals surface area contributed by atoms with Gasteiger partial charge in [-0.25, -0.2) is 0 Å². The minimum atomic E-state index is -0.171. The fourth-order valence-corrected chi connectivity index (χ4v) is 3.97. The molecule has 2 aromatic heterocycles. The summed E-state index contributed by atoms with van der Waals surface area (Å²) in [6, 6.07) is 18.4. The van der Waals surface area contributed by atoms with Gasteiger partial charge >= 0.3 is 0 Å². The number of benzene rings is 2. The number of H-pyrrole nitrogens is 1. The number of rotatable bonds is 6. The molecular weight excluding hydrogens is 396 g/mol. The number of aromatic amines is 1. The minimum Gasteiger partial charge on any atom is -0.361 e. The van der Waals surface area contributed by atoms with Crippen LogP contribution in [0.15, 0.2) is 66.9 Å². The molecule has 0 aliphatic rings. The number of hydrogen-bond acceptors (Lipinski definition) is 2. The maximum Gasteiger partial charge on any atom is 0.244 e. The van der Waals surface area contributed by atoms with Crippen molar-refractivity contribution < 1.29 is 4.79 Å². The van der Waals surface area contributed by atoms with Crippen molar-refractivity contribution in [2.75, 3.05) is 6.54 Å². The molecule has 0 saturated heterocycles. The van der Waals surface area contributed by atoms with Crippen LogP contribution in [0.25, 0.3) is 17.0 Å². The second kappa shape index (κ2) is 8.59. The van der Waals surface area contributed by atoms with Crippen LogP contribution in [0, 0.1) is 6.92 Å². The summed E-state index contributed by atoms with van der Waals surface area (Å²) in [5.41, 5.74) is 4.93. The summed E-state index contributed by atoms with van der Waals surface area (Å²) in [4.78, 5) is 15.9. The lowest BCUT2D eigenvalue weighted by Crippen LogP contribution is -2.27. The van der Waals surface area contributed by atoms with Crippen LogP contribution in [-0.2, 0) is 11.8 Å². The number of carbonyl (C=O) groups is 1. The molecule has 1 amide bonds. The second-order valence-electron chi connectivity index (χ2n) is 7.24. The van der Waals surface area contributed by atoms with E-state index in [1.54, 1.807) is 17.8 Å². The molecule has 2 aromatic carbocycles. The van der Waals surface area contributed by atoms with Gasteiger partial charge in [-0.3, -0.25) is 9.48 Å². The first-order valence-electron chi connectivity index (χ1n) is 9.80. The molecule has 1 atom stereocenters. The van der Waals surface area contributed by atoms with Crippen molar-refractivity contribution in [1.82, 2.24) is 20.1 Å². The molecule has 0 spiro atoms. The van der Waals surface area contributed by atoms with E-state index in [4.69, 9.17) is 11.6 Å². The lowest BCUT2D eigenvalue weighted by atomic mass is 9.91. The molecule has 0 radical (unpaired) electrons. The zero-order valence-electron chi connectivity index (χ0n) is 16.9. The number of aromatic nitrogens is 3. The van der Waals surface area contributed by atoms with Crippen molar-refractivity contribution in [3.8, 4) is 0 Å². The maximum atomic E-state index is 12.5. The van der Waals surface area contributed by atoms with Crippen LogP contribution in [0.2, 0.25) is 5.15 Å². The van der Waals surface area contributed by atoms with E-state index in [-0.39, 0.29) is 11.8 Å². The van der Waals surface area contributed by atoms with Crippen molar-refractivity contribution in [3.63, 3.8) is 0 Å². The number of hydrogen-bond donors (Lipinski definition) is 2. The van der Waals surface area contributed by atoms with E-state index in [2.05, 4.69) is 39.7 Å². The fraction of sp³-hybridized carbons (Fsp3) is 0.167. The van der Waals surface area contributed by atoms with E-state index in [1.165, 1.54) is 6.08 Å². The molecular formula is C24H23ClN4O. The number of carbonyl (C=O) groups excluding carboxylic acids is 1. The Bertz CT molecular complexity index is 1210. The number of amides is 1. The van der Waals surface area contributed by atoms with Crippen molar-refractivity contribution in [2.24, 2.45) is 7.05 Å². The average Bonchev–Trinajstić information content (AvgIpc) is 3.28. The second-order valence-corrected chi connectivity index (χ2v) is 7.60. The molecule has 1 unspecified atom stereocenters. The molecule has 2 N–H and O–H groups in total. The van der Waals surface area contributed by atoms with E-state index in [0.717, 1.165) is 33.3 Å². The largest absolute Gasteiger partial charge is 0.361 e. The van der Waals surface area contributed by atoms with Crippen LogP contribution >= 0.6 is 11.6 Å². The van der Waals surface area contributed by atoms with E-state index in [1.807, 2.05) is 43.5 Å². The molecule has 0 fully saturated rings. The van der Waals surface area contributed by atoms with E-state index in [0.29, 0.717) is 11.7 Å². The highest BCUT2D eigenvalue weighted by molar-refractivity contribution is 6.31. The van der Waals surface area contributed by atoms with Gasteiger partial charge in [-0.2, -0.15) is 5.10 Å². The third-order valence-electron chi connectivity index (χ3n) is 5.28. The first-order valence-corrected chi connectivity index (χ1v) is 10.2. The van der Waals surface area contributed by atoms with Crippen molar-refractivity contribution in [1.29, 1.82) is 0 Å². The van der Waals surface area contributed by atoms with E-state index >= 15 is 0 Å². The Morgan fingerprint density at radius 2 is 1.93 bits per heavy atom. The highest BCUT2D eigenvalue weighted by atomic mass is 35.5. The van der Waals surface area contributed by atoms with Crippen molar-refractivity contribution in [3.05, 3.63) is 94.4 Å². The van der Waals surface area contributed by atoms with Gasteiger partial charge in [0, 0.05) is 48.2 Å². The summed E-state index contributed by atoms with van der Waals surface area (Å²) in [6.07, 6.45) is 5.25. The Morgan fingerprint density at radius 1 is 1.20 bits per heavy atom. The van der Waals surface area contributed by atoms with Crippen LogP contribution in [0.5, 0.6) is 0 Å². The summed E-state index contributed by atoms with van der Waals surface area (Å²) in [7, 11) is 1.78. The number of halogens is 1. The smallest absolute Gasteiger partial charge is 0.244 e. The highest BCUT2D eigenvalue weighted by Gasteiger charge is 2.18. The molecule has 4 rings (SSSR count). The zero-order chi connectivity index (χ0) is 21.1.